The molecule has 0 unspecified atom stereocenters. The van der Waals surface area contributed by atoms with Crippen LogP contribution in [0.1, 0.15) is 33.1 Å². The van der Waals surface area contributed by atoms with Crippen LogP contribution < -0.4 is 11.5 Å². The zero-order valence-corrected chi connectivity index (χ0v) is 7.64. The van der Waals surface area contributed by atoms with Gasteiger partial charge in [-0.1, -0.05) is 13.8 Å². The van der Waals surface area contributed by atoms with Crippen LogP contribution in [0.25, 0.3) is 0 Å². The highest BCUT2D eigenvalue weighted by atomic mass is 14.7. The average molecular weight is 156 g/mol. The molecule has 0 aromatic rings. The molecule has 0 aromatic carbocycles. The predicted octanol–water partition coefficient (Wildman–Crippen LogP) is 1.10. The highest BCUT2D eigenvalue weighted by Crippen LogP contribution is 2.43. The predicted molar refractivity (Wildman–Crippen MR) is 48.2 cm³/mol. The van der Waals surface area contributed by atoms with Crippen molar-refractivity contribution in [3.8, 4) is 0 Å². The molecule has 1 rings (SSSR count). The summed E-state index contributed by atoms with van der Waals surface area (Å²) in [5, 5.41) is 0. The first-order valence-corrected chi connectivity index (χ1v) is 4.54. The zero-order chi connectivity index (χ0) is 8.48. The van der Waals surface area contributed by atoms with E-state index in [1.54, 1.807) is 0 Å². The van der Waals surface area contributed by atoms with Crippen molar-refractivity contribution in [2.24, 2.45) is 22.8 Å². The fourth-order valence-electron chi connectivity index (χ4n) is 2.15. The third-order valence-electron chi connectivity index (χ3n) is 3.35. The molecule has 0 radical (unpaired) electrons. The van der Waals surface area contributed by atoms with Gasteiger partial charge in [-0.05, 0) is 37.1 Å². The molecule has 0 saturated heterocycles. The molecule has 1 aliphatic carbocycles. The van der Waals surface area contributed by atoms with Gasteiger partial charge in [0.25, 0.3) is 0 Å². The van der Waals surface area contributed by atoms with Crippen LogP contribution in [-0.2, 0) is 0 Å². The first-order chi connectivity index (χ1) is 5.09. The Kier molecular flexibility index (Phi) is 2.55. The Morgan fingerprint density at radius 3 is 2.36 bits per heavy atom. The van der Waals surface area contributed by atoms with Gasteiger partial charge in [0.15, 0.2) is 0 Å². The molecule has 0 spiro atoms. The van der Waals surface area contributed by atoms with Crippen molar-refractivity contribution in [2.75, 3.05) is 6.54 Å². The van der Waals surface area contributed by atoms with Crippen LogP contribution in [0, 0.1) is 11.3 Å². The first-order valence-electron chi connectivity index (χ1n) is 4.54. The normalized spacial score (nSPS) is 36.0. The summed E-state index contributed by atoms with van der Waals surface area (Å²) in [6.45, 7) is 5.34. The number of rotatable bonds is 2. The molecule has 0 heterocycles. The van der Waals surface area contributed by atoms with Crippen molar-refractivity contribution in [1.82, 2.24) is 0 Å². The lowest BCUT2D eigenvalue weighted by Crippen LogP contribution is -2.36. The van der Waals surface area contributed by atoms with Gasteiger partial charge in [-0.25, -0.2) is 0 Å². The summed E-state index contributed by atoms with van der Waals surface area (Å²) in [4.78, 5) is 0. The first kappa shape index (κ1) is 9.01. The van der Waals surface area contributed by atoms with E-state index in [1.807, 2.05) is 0 Å². The topological polar surface area (TPSA) is 52.0 Å². The van der Waals surface area contributed by atoms with Crippen molar-refractivity contribution < 1.29 is 0 Å². The van der Waals surface area contributed by atoms with Crippen LogP contribution in [-0.4, -0.2) is 12.6 Å². The third-order valence-corrected chi connectivity index (χ3v) is 3.35. The van der Waals surface area contributed by atoms with Crippen molar-refractivity contribution in [2.45, 2.75) is 39.2 Å². The van der Waals surface area contributed by atoms with Gasteiger partial charge in [-0.2, -0.15) is 0 Å². The summed E-state index contributed by atoms with van der Waals surface area (Å²) < 4.78 is 0. The summed E-state index contributed by atoms with van der Waals surface area (Å²) in [5.74, 6) is 0.752. The molecule has 1 fully saturated rings. The summed E-state index contributed by atoms with van der Waals surface area (Å²) in [6.07, 6.45) is 3.59. The van der Waals surface area contributed by atoms with E-state index in [2.05, 4.69) is 13.8 Å². The minimum absolute atomic E-state index is 0.319. The summed E-state index contributed by atoms with van der Waals surface area (Å²) in [7, 11) is 0. The molecular formula is C9H20N2. The monoisotopic (exact) mass is 156 g/mol. The lowest BCUT2D eigenvalue weighted by atomic mass is 9.78. The molecule has 0 aliphatic heterocycles. The summed E-state index contributed by atoms with van der Waals surface area (Å²) >= 11 is 0. The second-order valence-electron chi connectivity index (χ2n) is 4.28. The molecule has 0 aromatic heterocycles. The van der Waals surface area contributed by atoms with Gasteiger partial charge >= 0.3 is 0 Å². The Balaban J connectivity index is 2.55. The van der Waals surface area contributed by atoms with Gasteiger partial charge in [0.05, 0.1) is 0 Å². The molecular weight excluding hydrogens is 136 g/mol. The van der Waals surface area contributed by atoms with E-state index < -0.39 is 0 Å². The molecule has 11 heavy (non-hydrogen) atoms. The van der Waals surface area contributed by atoms with Crippen molar-refractivity contribution in [3.05, 3.63) is 0 Å². The summed E-state index contributed by atoms with van der Waals surface area (Å²) in [5.41, 5.74) is 11.8. The van der Waals surface area contributed by atoms with E-state index >= 15 is 0 Å². The zero-order valence-electron chi connectivity index (χ0n) is 7.64. The Labute approximate surface area is 69.3 Å². The standard InChI is InChI=1S/C9H20N2/c1-9(2)7(5-6-10)3-4-8(9)11/h7-8H,3-6,10-11H2,1-2H3/t7-,8+/m0/s1. The smallest absolute Gasteiger partial charge is 0.00930 e. The molecule has 1 saturated carbocycles. The minimum atomic E-state index is 0.319. The SMILES string of the molecule is CC1(C)[C@H](CCN)CC[C@H]1N. The minimum Gasteiger partial charge on any atom is -0.330 e. The van der Waals surface area contributed by atoms with Gasteiger partial charge < -0.3 is 11.5 Å². The van der Waals surface area contributed by atoms with Crippen LogP contribution >= 0.6 is 0 Å². The molecule has 0 bridgehead atoms. The lowest BCUT2D eigenvalue weighted by Gasteiger charge is -2.30. The second kappa shape index (κ2) is 3.11. The molecule has 66 valence electrons. The van der Waals surface area contributed by atoms with Gasteiger partial charge in [-0.15, -0.1) is 0 Å². The lowest BCUT2D eigenvalue weighted by molar-refractivity contribution is 0.223. The molecule has 2 atom stereocenters. The Hall–Kier alpha value is -0.0800. The van der Waals surface area contributed by atoms with Crippen molar-refractivity contribution in [3.63, 3.8) is 0 Å². The Morgan fingerprint density at radius 1 is 1.36 bits per heavy atom. The molecule has 4 N–H and O–H groups in total. The number of hydrogen-bond acceptors (Lipinski definition) is 2. The van der Waals surface area contributed by atoms with E-state index in [9.17, 15) is 0 Å². The number of nitrogens with two attached hydrogens (primary N) is 2. The third kappa shape index (κ3) is 1.57. The Morgan fingerprint density at radius 2 is 2.00 bits per heavy atom. The maximum atomic E-state index is 5.99. The van der Waals surface area contributed by atoms with Gasteiger partial charge in [0.2, 0.25) is 0 Å². The highest BCUT2D eigenvalue weighted by Gasteiger charge is 2.39. The van der Waals surface area contributed by atoms with Crippen molar-refractivity contribution in [1.29, 1.82) is 0 Å². The fraction of sp³-hybridized carbons (Fsp3) is 1.00. The van der Waals surface area contributed by atoms with Crippen LogP contribution in [0.15, 0.2) is 0 Å². The molecule has 2 heteroatoms. The van der Waals surface area contributed by atoms with Gasteiger partial charge in [0.1, 0.15) is 0 Å². The molecule has 0 amide bonds. The number of hydrogen-bond donors (Lipinski definition) is 2. The van der Waals surface area contributed by atoms with Crippen LogP contribution in [0.3, 0.4) is 0 Å². The average Bonchev–Trinajstić information content (AvgIpc) is 2.16. The Bertz CT molecular complexity index is 130. The van der Waals surface area contributed by atoms with Gasteiger partial charge in [0, 0.05) is 6.04 Å². The highest BCUT2D eigenvalue weighted by molar-refractivity contribution is 4.94. The maximum absolute atomic E-state index is 5.99. The van der Waals surface area contributed by atoms with Crippen molar-refractivity contribution >= 4 is 0 Å². The van der Waals surface area contributed by atoms with Crippen LogP contribution in [0.4, 0.5) is 0 Å². The second-order valence-corrected chi connectivity index (χ2v) is 4.28. The molecule has 1 aliphatic rings. The summed E-state index contributed by atoms with van der Waals surface area (Å²) in [6, 6.07) is 0.388. The quantitative estimate of drug-likeness (QED) is 0.629. The van der Waals surface area contributed by atoms with Crippen LogP contribution in [0.2, 0.25) is 0 Å². The largest absolute Gasteiger partial charge is 0.330 e. The van der Waals surface area contributed by atoms with E-state index in [-0.39, 0.29) is 0 Å². The van der Waals surface area contributed by atoms with Crippen LogP contribution in [0.5, 0.6) is 0 Å². The van der Waals surface area contributed by atoms with E-state index in [4.69, 9.17) is 11.5 Å². The van der Waals surface area contributed by atoms with E-state index in [0.29, 0.717) is 11.5 Å². The molecule has 2 nitrogen and oxygen atoms in total. The van der Waals surface area contributed by atoms with Gasteiger partial charge in [-0.3, -0.25) is 0 Å². The van der Waals surface area contributed by atoms with E-state index in [0.717, 1.165) is 18.9 Å². The maximum Gasteiger partial charge on any atom is 0.00930 e. The van der Waals surface area contributed by atoms with E-state index in [1.165, 1.54) is 12.8 Å². The fourth-order valence-corrected chi connectivity index (χ4v) is 2.15.